The van der Waals surface area contributed by atoms with Crippen LogP contribution in [0.25, 0.3) is 10.2 Å². The summed E-state index contributed by atoms with van der Waals surface area (Å²) in [5, 5.41) is 7.21. The molecule has 0 unspecified atom stereocenters. The molecule has 174 valence electrons. The zero-order chi connectivity index (χ0) is 23.1. The van der Waals surface area contributed by atoms with Gasteiger partial charge in [-0.25, -0.2) is 9.97 Å². The minimum Gasteiger partial charge on any atom is -0.397 e. The zero-order valence-electron chi connectivity index (χ0n) is 18.9. The first-order valence-electron chi connectivity index (χ1n) is 11.4. The lowest BCUT2D eigenvalue weighted by molar-refractivity contribution is 0.0938. The summed E-state index contributed by atoms with van der Waals surface area (Å²) in [6, 6.07) is 8.14. The van der Waals surface area contributed by atoms with Crippen LogP contribution in [0.4, 0.5) is 15.9 Å². The van der Waals surface area contributed by atoms with E-state index in [-0.39, 0.29) is 30.6 Å². The second kappa shape index (κ2) is 8.87. The second-order valence-corrected chi connectivity index (χ2v) is 10.1. The van der Waals surface area contributed by atoms with Crippen LogP contribution in [-0.4, -0.2) is 54.8 Å². The summed E-state index contributed by atoms with van der Waals surface area (Å²) in [5.41, 5.74) is 9.89. The molecule has 3 aromatic heterocycles. The maximum atomic E-state index is 13.3. The maximum Gasteiger partial charge on any atom is 0.263 e. The van der Waals surface area contributed by atoms with Gasteiger partial charge in [-0.15, -0.1) is 11.3 Å². The van der Waals surface area contributed by atoms with Gasteiger partial charge in [-0.05, 0) is 57.0 Å². The Morgan fingerprint density at radius 3 is 2.88 bits per heavy atom. The van der Waals surface area contributed by atoms with E-state index in [1.165, 1.54) is 11.3 Å². The summed E-state index contributed by atoms with van der Waals surface area (Å²) in [4.78, 5) is 25.9. The third-order valence-corrected chi connectivity index (χ3v) is 7.97. The highest BCUT2D eigenvalue weighted by Gasteiger charge is 2.33. The van der Waals surface area contributed by atoms with E-state index in [2.05, 4.69) is 26.6 Å². The molecular weight excluding hydrogens is 439 g/mol. The Labute approximate surface area is 196 Å². The summed E-state index contributed by atoms with van der Waals surface area (Å²) in [7, 11) is 1.88. The number of pyridine rings is 2. The summed E-state index contributed by atoms with van der Waals surface area (Å²) in [6.45, 7) is 3.04. The van der Waals surface area contributed by atoms with E-state index in [1.807, 2.05) is 32.2 Å². The third kappa shape index (κ3) is 4.15. The van der Waals surface area contributed by atoms with Gasteiger partial charge in [0.2, 0.25) is 0 Å². The van der Waals surface area contributed by atoms with Gasteiger partial charge >= 0.3 is 0 Å². The number of nitrogen functional groups attached to an aromatic ring is 1. The average Bonchev–Trinajstić information content (AvgIpc) is 3.39. The molecule has 9 heteroatoms. The minimum absolute atomic E-state index is 0.00660. The van der Waals surface area contributed by atoms with Crippen molar-refractivity contribution in [2.24, 2.45) is 5.92 Å². The average molecular weight is 469 g/mol. The molecule has 1 fully saturated rings. The van der Waals surface area contributed by atoms with Gasteiger partial charge in [0.15, 0.2) is 0 Å². The molecular formula is C24H29FN6OS. The van der Waals surface area contributed by atoms with E-state index in [1.54, 1.807) is 0 Å². The number of fused-ring (bicyclic) bond motifs is 2. The molecule has 0 aromatic carbocycles. The lowest BCUT2D eigenvalue weighted by Crippen LogP contribution is -2.39. The lowest BCUT2D eigenvalue weighted by atomic mass is 9.91. The normalized spacial score (nSPS) is 22.5. The Morgan fingerprint density at radius 2 is 2.12 bits per heavy atom. The number of nitrogens with one attached hydrogen (secondary N) is 2. The molecule has 1 aliphatic heterocycles. The van der Waals surface area contributed by atoms with Crippen molar-refractivity contribution < 1.29 is 9.18 Å². The van der Waals surface area contributed by atoms with Crippen LogP contribution in [0, 0.1) is 12.8 Å². The van der Waals surface area contributed by atoms with Crippen LogP contribution in [0.2, 0.25) is 0 Å². The standard InChI is InChI=1S/C24H29FN6OS/c1-13-3-6-17-21(26)22(33-24(17)28-13)23(32)29-16-5-7-18-14(9-16)4-8-20(30-18)31-11-15(10-25)19(12-31)27-2/h3-4,6,8,15-16,19,27H,5,7,9-12,26H2,1-2H3,(H,29,32)/t15-,16-,19-/m0/s1. The monoisotopic (exact) mass is 468 g/mol. The van der Waals surface area contributed by atoms with Crippen LogP contribution in [0.3, 0.4) is 0 Å². The molecule has 5 rings (SSSR count). The predicted octanol–water partition coefficient (Wildman–Crippen LogP) is 2.86. The van der Waals surface area contributed by atoms with Gasteiger partial charge in [0.25, 0.3) is 5.91 Å². The smallest absolute Gasteiger partial charge is 0.263 e. The van der Waals surface area contributed by atoms with Gasteiger partial charge in [0.1, 0.15) is 15.5 Å². The molecule has 0 saturated carbocycles. The Bertz CT molecular complexity index is 1190. The quantitative estimate of drug-likeness (QED) is 0.533. The molecule has 3 aromatic rings. The van der Waals surface area contributed by atoms with E-state index in [4.69, 9.17) is 10.7 Å². The number of rotatable bonds is 5. The van der Waals surface area contributed by atoms with Gasteiger partial charge in [-0.3, -0.25) is 9.18 Å². The number of halogens is 1. The number of aryl methyl sites for hydroxylation is 2. The molecule has 0 bridgehead atoms. The van der Waals surface area contributed by atoms with E-state index in [9.17, 15) is 9.18 Å². The zero-order valence-corrected chi connectivity index (χ0v) is 19.7. The summed E-state index contributed by atoms with van der Waals surface area (Å²) < 4.78 is 13.3. The van der Waals surface area contributed by atoms with E-state index >= 15 is 0 Å². The van der Waals surface area contributed by atoms with Gasteiger partial charge < -0.3 is 21.3 Å². The second-order valence-electron chi connectivity index (χ2n) is 9.05. The van der Waals surface area contributed by atoms with Crippen molar-refractivity contribution in [3.05, 3.63) is 46.1 Å². The molecule has 33 heavy (non-hydrogen) atoms. The van der Waals surface area contributed by atoms with Crippen molar-refractivity contribution in [2.45, 2.75) is 38.3 Å². The number of aromatic nitrogens is 2. The fourth-order valence-corrected chi connectivity index (χ4v) is 5.99. The van der Waals surface area contributed by atoms with Crippen molar-refractivity contribution in [1.82, 2.24) is 20.6 Å². The first-order valence-corrected chi connectivity index (χ1v) is 12.2. The van der Waals surface area contributed by atoms with Crippen molar-refractivity contribution in [3.63, 3.8) is 0 Å². The number of carbonyl (C=O) groups is 1. The largest absolute Gasteiger partial charge is 0.397 e. The van der Waals surface area contributed by atoms with E-state index < -0.39 is 0 Å². The van der Waals surface area contributed by atoms with Crippen molar-refractivity contribution in [1.29, 1.82) is 0 Å². The Morgan fingerprint density at radius 1 is 1.27 bits per heavy atom. The fourth-order valence-electron chi connectivity index (χ4n) is 4.95. The first kappa shape index (κ1) is 22.0. The maximum absolute atomic E-state index is 13.3. The summed E-state index contributed by atoms with van der Waals surface area (Å²) in [5.74, 6) is 0.764. The van der Waals surface area contributed by atoms with Crippen LogP contribution in [0.1, 0.15) is 33.0 Å². The number of hydrogen-bond donors (Lipinski definition) is 3. The molecule has 4 heterocycles. The number of likely N-dealkylation sites (N-methyl/N-ethyl adjacent to an activating group) is 1. The number of nitrogens with zero attached hydrogens (tertiary/aromatic N) is 3. The number of hydrogen-bond acceptors (Lipinski definition) is 7. The van der Waals surface area contributed by atoms with Gasteiger partial charge in [-0.2, -0.15) is 0 Å². The molecule has 2 aliphatic rings. The Kier molecular flexibility index (Phi) is 5.92. The lowest BCUT2D eigenvalue weighted by Gasteiger charge is -2.26. The first-order chi connectivity index (χ1) is 16.0. The molecule has 3 atom stereocenters. The van der Waals surface area contributed by atoms with Crippen LogP contribution >= 0.6 is 11.3 Å². The number of alkyl halides is 1. The number of nitrogens with two attached hydrogens (primary N) is 1. The Hall–Kier alpha value is -2.78. The molecule has 7 nitrogen and oxygen atoms in total. The highest BCUT2D eigenvalue weighted by atomic mass is 32.1. The number of carbonyl (C=O) groups excluding carboxylic acids is 1. The van der Waals surface area contributed by atoms with Crippen LogP contribution in [0.5, 0.6) is 0 Å². The number of thiophene rings is 1. The van der Waals surface area contributed by atoms with Crippen LogP contribution < -0.4 is 21.3 Å². The molecule has 1 saturated heterocycles. The summed E-state index contributed by atoms with van der Waals surface area (Å²) in [6.07, 6.45) is 2.36. The topological polar surface area (TPSA) is 96.2 Å². The summed E-state index contributed by atoms with van der Waals surface area (Å²) >= 11 is 1.34. The van der Waals surface area contributed by atoms with E-state index in [0.717, 1.165) is 58.8 Å². The van der Waals surface area contributed by atoms with Crippen molar-refractivity contribution in [3.8, 4) is 0 Å². The minimum atomic E-state index is -0.325. The molecule has 4 N–H and O–H groups in total. The molecule has 1 amide bonds. The highest BCUT2D eigenvalue weighted by molar-refractivity contribution is 7.21. The fraction of sp³-hybridized carbons (Fsp3) is 0.458. The number of anilines is 2. The molecule has 0 radical (unpaired) electrons. The predicted molar refractivity (Wildman–Crippen MR) is 131 cm³/mol. The van der Waals surface area contributed by atoms with Gasteiger partial charge in [-0.1, -0.05) is 6.07 Å². The molecule has 0 spiro atoms. The van der Waals surface area contributed by atoms with Crippen molar-refractivity contribution >= 4 is 39.0 Å². The van der Waals surface area contributed by atoms with Gasteiger partial charge in [0.05, 0.1) is 12.4 Å². The third-order valence-electron chi connectivity index (χ3n) is 6.86. The van der Waals surface area contributed by atoms with Gasteiger partial charge in [0, 0.05) is 47.9 Å². The van der Waals surface area contributed by atoms with E-state index in [0.29, 0.717) is 17.1 Å². The Balaban J connectivity index is 1.27. The van der Waals surface area contributed by atoms with Crippen LogP contribution in [0.15, 0.2) is 24.3 Å². The van der Waals surface area contributed by atoms with Crippen LogP contribution in [-0.2, 0) is 12.8 Å². The number of amides is 1. The SMILES string of the molecule is CN[C@H]1CN(c2ccc3c(n2)CC[C@H](NC(=O)c2sc4nc(C)ccc4c2N)C3)C[C@@H]1CF. The molecule has 1 aliphatic carbocycles. The van der Waals surface area contributed by atoms with Crippen molar-refractivity contribution in [2.75, 3.05) is 37.4 Å². The highest BCUT2D eigenvalue weighted by Crippen LogP contribution is 2.33.